The van der Waals surface area contributed by atoms with E-state index in [1.807, 2.05) is 85.8 Å². The Balaban J connectivity index is 1.76. The minimum Gasteiger partial charge on any atom is -0.494 e. The number of rotatable bonds is 6. The summed E-state index contributed by atoms with van der Waals surface area (Å²) < 4.78 is 5.53. The fourth-order valence-electron chi connectivity index (χ4n) is 3.54. The third kappa shape index (κ3) is 4.03. The van der Waals surface area contributed by atoms with Gasteiger partial charge in [0.05, 0.1) is 23.4 Å². The Hall–Kier alpha value is -3.66. The molecule has 3 aromatic carbocycles. The van der Waals surface area contributed by atoms with Gasteiger partial charge in [0.1, 0.15) is 5.75 Å². The molecular weight excluding hydrogens is 372 g/mol. The number of ether oxygens (including phenoxy) is 1. The molecule has 1 N–H and O–H groups in total. The third-order valence-electron chi connectivity index (χ3n) is 5.07. The number of pyridine rings is 1. The Morgan fingerprint density at radius 2 is 1.67 bits per heavy atom. The van der Waals surface area contributed by atoms with Crippen molar-refractivity contribution in [2.45, 2.75) is 20.3 Å². The maximum absolute atomic E-state index is 13.3. The van der Waals surface area contributed by atoms with Crippen LogP contribution in [0.1, 0.15) is 29.8 Å². The predicted octanol–water partition coefficient (Wildman–Crippen LogP) is 6.12. The second-order valence-corrected chi connectivity index (χ2v) is 6.99. The molecule has 4 aromatic rings. The molecule has 0 radical (unpaired) electrons. The summed E-state index contributed by atoms with van der Waals surface area (Å²) in [4.78, 5) is 18.0. The molecule has 0 spiro atoms. The van der Waals surface area contributed by atoms with Crippen LogP contribution in [0.3, 0.4) is 0 Å². The second kappa shape index (κ2) is 8.78. The molecule has 0 fully saturated rings. The average Bonchev–Trinajstić information content (AvgIpc) is 2.79. The van der Waals surface area contributed by atoms with Crippen molar-refractivity contribution in [3.05, 3.63) is 90.0 Å². The summed E-state index contributed by atoms with van der Waals surface area (Å²) in [6, 6.07) is 25.3. The first-order chi connectivity index (χ1) is 14.7. The zero-order valence-corrected chi connectivity index (χ0v) is 17.2. The van der Waals surface area contributed by atoms with Crippen LogP contribution < -0.4 is 10.1 Å². The number of carbonyl (C=O) groups is 1. The molecule has 0 saturated carbocycles. The molecule has 30 heavy (non-hydrogen) atoms. The second-order valence-electron chi connectivity index (χ2n) is 6.99. The summed E-state index contributed by atoms with van der Waals surface area (Å²) in [5, 5.41) is 3.92. The number of aromatic nitrogens is 1. The largest absolute Gasteiger partial charge is 0.494 e. The predicted molar refractivity (Wildman–Crippen MR) is 122 cm³/mol. The monoisotopic (exact) mass is 396 g/mol. The molecule has 0 aliphatic heterocycles. The van der Waals surface area contributed by atoms with E-state index in [0.717, 1.165) is 45.6 Å². The number of nitrogens with zero attached hydrogens (tertiary/aromatic N) is 1. The van der Waals surface area contributed by atoms with Gasteiger partial charge in [0.15, 0.2) is 0 Å². The number of para-hydroxylation sites is 2. The number of anilines is 1. The fourth-order valence-corrected chi connectivity index (χ4v) is 3.54. The molecule has 1 aromatic heterocycles. The summed E-state index contributed by atoms with van der Waals surface area (Å²) >= 11 is 0. The van der Waals surface area contributed by atoms with Gasteiger partial charge in [-0.3, -0.25) is 4.79 Å². The van der Waals surface area contributed by atoms with E-state index in [1.165, 1.54) is 0 Å². The molecule has 4 heteroatoms. The molecule has 0 atom stereocenters. The van der Waals surface area contributed by atoms with Gasteiger partial charge in [-0.05, 0) is 61.4 Å². The summed E-state index contributed by atoms with van der Waals surface area (Å²) in [7, 11) is 0. The van der Waals surface area contributed by atoms with E-state index in [4.69, 9.17) is 9.72 Å². The Bertz CT molecular complexity index is 1180. The lowest BCUT2D eigenvalue weighted by Crippen LogP contribution is -2.14. The quantitative estimate of drug-likeness (QED) is 0.427. The van der Waals surface area contributed by atoms with Gasteiger partial charge in [-0.1, -0.05) is 43.3 Å². The number of carbonyl (C=O) groups excluding carboxylic acids is 1. The maximum Gasteiger partial charge on any atom is 0.256 e. The molecule has 4 nitrogen and oxygen atoms in total. The van der Waals surface area contributed by atoms with Crippen LogP contribution in [-0.4, -0.2) is 17.5 Å². The van der Waals surface area contributed by atoms with Crippen LogP contribution in [0.15, 0.2) is 78.9 Å². The van der Waals surface area contributed by atoms with E-state index >= 15 is 0 Å². The van der Waals surface area contributed by atoms with Gasteiger partial charge in [0.2, 0.25) is 0 Å². The van der Waals surface area contributed by atoms with Crippen LogP contribution in [0, 0.1) is 0 Å². The number of nitrogens with one attached hydrogen (secondary N) is 1. The first kappa shape index (κ1) is 19.6. The van der Waals surface area contributed by atoms with Crippen LogP contribution >= 0.6 is 0 Å². The standard InChI is InChI=1S/C26H24N2O2/c1-3-18-9-5-7-11-23(18)28-26(29)22-17-25(27-24-12-8-6-10-21(22)24)19-13-15-20(16-14-19)30-4-2/h5-17H,3-4H2,1-2H3,(H,28,29). The maximum atomic E-state index is 13.3. The molecule has 150 valence electrons. The zero-order valence-electron chi connectivity index (χ0n) is 17.2. The normalized spacial score (nSPS) is 10.7. The van der Waals surface area contributed by atoms with Gasteiger partial charge >= 0.3 is 0 Å². The lowest BCUT2D eigenvalue weighted by molar-refractivity contribution is 0.102. The van der Waals surface area contributed by atoms with E-state index < -0.39 is 0 Å². The van der Waals surface area contributed by atoms with Crippen LogP contribution in [0.5, 0.6) is 5.75 Å². The number of benzene rings is 3. The highest BCUT2D eigenvalue weighted by Gasteiger charge is 2.15. The van der Waals surface area contributed by atoms with E-state index in [2.05, 4.69) is 12.2 Å². The Labute approximate surface area is 176 Å². The van der Waals surface area contributed by atoms with E-state index in [1.54, 1.807) is 0 Å². The number of hydrogen-bond donors (Lipinski definition) is 1. The average molecular weight is 396 g/mol. The van der Waals surface area contributed by atoms with Crippen molar-refractivity contribution < 1.29 is 9.53 Å². The van der Waals surface area contributed by atoms with Crippen LogP contribution in [0.25, 0.3) is 22.2 Å². The summed E-state index contributed by atoms with van der Waals surface area (Å²) in [5.74, 6) is 0.679. The highest BCUT2D eigenvalue weighted by Crippen LogP contribution is 2.27. The molecule has 0 bridgehead atoms. The lowest BCUT2D eigenvalue weighted by atomic mass is 10.0. The Morgan fingerprint density at radius 3 is 2.43 bits per heavy atom. The van der Waals surface area contributed by atoms with Gasteiger partial charge in [-0.15, -0.1) is 0 Å². The Kier molecular flexibility index (Phi) is 5.75. The van der Waals surface area contributed by atoms with Crippen molar-refractivity contribution in [1.29, 1.82) is 0 Å². The number of aryl methyl sites for hydroxylation is 1. The minimum atomic E-state index is -0.137. The van der Waals surface area contributed by atoms with Gasteiger partial charge in [0, 0.05) is 16.6 Å². The molecule has 0 aliphatic carbocycles. The van der Waals surface area contributed by atoms with E-state index in [-0.39, 0.29) is 5.91 Å². The molecular formula is C26H24N2O2. The molecule has 0 unspecified atom stereocenters. The van der Waals surface area contributed by atoms with Gasteiger partial charge in [-0.25, -0.2) is 4.98 Å². The minimum absolute atomic E-state index is 0.137. The van der Waals surface area contributed by atoms with E-state index in [9.17, 15) is 4.79 Å². The highest BCUT2D eigenvalue weighted by molar-refractivity contribution is 6.13. The first-order valence-electron chi connectivity index (χ1n) is 10.2. The zero-order chi connectivity index (χ0) is 20.9. The highest BCUT2D eigenvalue weighted by atomic mass is 16.5. The first-order valence-corrected chi connectivity index (χ1v) is 10.2. The number of hydrogen-bond acceptors (Lipinski definition) is 3. The number of amides is 1. The SMILES string of the molecule is CCOc1ccc(-c2cc(C(=O)Nc3ccccc3CC)c3ccccc3n2)cc1. The van der Waals surface area contributed by atoms with Gasteiger partial charge in [0.25, 0.3) is 5.91 Å². The van der Waals surface area contributed by atoms with Crippen molar-refractivity contribution in [3.8, 4) is 17.0 Å². The van der Waals surface area contributed by atoms with Crippen molar-refractivity contribution in [1.82, 2.24) is 4.98 Å². The number of fused-ring (bicyclic) bond motifs is 1. The van der Waals surface area contributed by atoms with Gasteiger partial charge in [-0.2, -0.15) is 0 Å². The molecule has 0 aliphatic rings. The molecule has 1 amide bonds. The molecule has 0 saturated heterocycles. The molecule has 1 heterocycles. The summed E-state index contributed by atoms with van der Waals surface area (Å²) in [5.41, 5.74) is 5.04. The van der Waals surface area contributed by atoms with Crippen molar-refractivity contribution in [2.75, 3.05) is 11.9 Å². The van der Waals surface area contributed by atoms with Crippen LogP contribution in [-0.2, 0) is 6.42 Å². The summed E-state index contributed by atoms with van der Waals surface area (Å²) in [6.45, 7) is 4.66. The third-order valence-corrected chi connectivity index (χ3v) is 5.07. The van der Waals surface area contributed by atoms with Crippen molar-refractivity contribution in [2.24, 2.45) is 0 Å². The topological polar surface area (TPSA) is 51.2 Å². The van der Waals surface area contributed by atoms with Crippen molar-refractivity contribution in [3.63, 3.8) is 0 Å². The summed E-state index contributed by atoms with van der Waals surface area (Å²) in [6.07, 6.45) is 0.852. The smallest absolute Gasteiger partial charge is 0.256 e. The fraction of sp³-hybridized carbons (Fsp3) is 0.154. The van der Waals surface area contributed by atoms with Gasteiger partial charge < -0.3 is 10.1 Å². The van der Waals surface area contributed by atoms with E-state index in [0.29, 0.717) is 12.2 Å². The lowest BCUT2D eigenvalue weighted by Gasteiger charge is -2.13. The van der Waals surface area contributed by atoms with Crippen molar-refractivity contribution >= 4 is 22.5 Å². The Morgan fingerprint density at radius 1 is 0.933 bits per heavy atom. The van der Waals surface area contributed by atoms with Crippen LogP contribution in [0.4, 0.5) is 5.69 Å². The molecule has 4 rings (SSSR count). The van der Waals surface area contributed by atoms with Crippen LogP contribution in [0.2, 0.25) is 0 Å².